The highest BCUT2D eigenvalue weighted by Crippen LogP contribution is 2.42. The molecule has 3 aliphatic rings. The van der Waals surface area contributed by atoms with Crippen molar-refractivity contribution in [3.8, 4) is 0 Å². The predicted molar refractivity (Wildman–Crippen MR) is 79.4 cm³/mol. The smallest absolute Gasteiger partial charge is 0.0615 e. The molecule has 4 nitrogen and oxygen atoms in total. The number of nitrogens with one attached hydrogen (secondary N) is 1. The standard InChI is InChI=1S/C13H25N3O.C2H6/c17-11-13-3-1-7-16(13)12(2-4-13)10-15-8-5-14-6-9-15;1-2/h12,14,17H,1-11H2;1-2H3. The van der Waals surface area contributed by atoms with E-state index in [-0.39, 0.29) is 5.54 Å². The minimum absolute atomic E-state index is 0.165. The van der Waals surface area contributed by atoms with Crippen LogP contribution in [0.1, 0.15) is 39.5 Å². The highest BCUT2D eigenvalue weighted by molar-refractivity contribution is 5.04. The van der Waals surface area contributed by atoms with Crippen LogP contribution in [0.5, 0.6) is 0 Å². The fourth-order valence-corrected chi connectivity index (χ4v) is 4.02. The molecule has 0 bridgehead atoms. The summed E-state index contributed by atoms with van der Waals surface area (Å²) in [5.74, 6) is 0. The molecule has 2 N–H and O–H groups in total. The molecule has 0 aromatic rings. The second kappa shape index (κ2) is 7.02. The van der Waals surface area contributed by atoms with Crippen LogP contribution >= 0.6 is 0 Å². The maximum absolute atomic E-state index is 9.69. The van der Waals surface area contributed by atoms with E-state index in [2.05, 4.69) is 15.1 Å². The molecule has 3 heterocycles. The van der Waals surface area contributed by atoms with Crippen molar-refractivity contribution in [3.05, 3.63) is 0 Å². The Hall–Kier alpha value is -0.160. The summed E-state index contributed by atoms with van der Waals surface area (Å²) in [6, 6.07) is 0.697. The van der Waals surface area contributed by atoms with Gasteiger partial charge in [0.15, 0.2) is 0 Å². The summed E-state index contributed by atoms with van der Waals surface area (Å²) in [6.07, 6.45) is 4.98. The first-order chi connectivity index (χ1) is 9.34. The number of rotatable bonds is 3. The Morgan fingerprint density at radius 1 is 1.16 bits per heavy atom. The first kappa shape index (κ1) is 15.2. The van der Waals surface area contributed by atoms with Gasteiger partial charge in [0.2, 0.25) is 0 Å². The Bertz CT molecular complexity index is 268. The van der Waals surface area contributed by atoms with Crippen molar-refractivity contribution in [2.75, 3.05) is 45.9 Å². The Morgan fingerprint density at radius 2 is 1.89 bits per heavy atom. The first-order valence-electron chi connectivity index (χ1n) is 8.15. The van der Waals surface area contributed by atoms with Gasteiger partial charge in [-0.2, -0.15) is 0 Å². The van der Waals surface area contributed by atoms with Crippen molar-refractivity contribution in [1.29, 1.82) is 0 Å². The van der Waals surface area contributed by atoms with Gasteiger partial charge in [0.05, 0.1) is 6.61 Å². The number of aliphatic hydroxyl groups excluding tert-OH is 1. The molecule has 0 amide bonds. The van der Waals surface area contributed by atoms with Gasteiger partial charge < -0.3 is 10.4 Å². The molecular formula is C15H31N3O. The van der Waals surface area contributed by atoms with Crippen LogP contribution in [-0.4, -0.2) is 72.4 Å². The average Bonchev–Trinajstić information content (AvgIpc) is 3.03. The lowest BCUT2D eigenvalue weighted by molar-refractivity contribution is 0.0635. The summed E-state index contributed by atoms with van der Waals surface area (Å²) in [6.45, 7) is 11.4. The number of hydrogen-bond donors (Lipinski definition) is 2. The van der Waals surface area contributed by atoms with Crippen molar-refractivity contribution in [2.45, 2.75) is 51.1 Å². The summed E-state index contributed by atoms with van der Waals surface area (Å²) in [5.41, 5.74) is 0.165. The zero-order chi connectivity index (χ0) is 13.7. The van der Waals surface area contributed by atoms with Crippen LogP contribution in [0.25, 0.3) is 0 Å². The van der Waals surface area contributed by atoms with Gasteiger partial charge in [0.25, 0.3) is 0 Å². The molecule has 0 aliphatic carbocycles. The first-order valence-corrected chi connectivity index (χ1v) is 8.15. The Labute approximate surface area is 118 Å². The van der Waals surface area contributed by atoms with Gasteiger partial charge in [-0.15, -0.1) is 0 Å². The van der Waals surface area contributed by atoms with Gasteiger partial charge in [0, 0.05) is 44.3 Å². The second-order valence-corrected chi connectivity index (χ2v) is 5.92. The van der Waals surface area contributed by atoms with Gasteiger partial charge >= 0.3 is 0 Å². The van der Waals surface area contributed by atoms with Gasteiger partial charge in [-0.3, -0.25) is 9.80 Å². The number of nitrogens with zero attached hydrogens (tertiary/aromatic N) is 2. The number of piperazine rings is 1. The molecule has 0 radical (unpaired) electrons. The van der Waals surface area contributed by atoms with E-state index in [1.807, 2.05) is 13.8 Å². The third-order valence-electron chi connectivity index (χ3n) is 5.01. The van der Waals surface area contributed by atoms with Gasteiger partial charge in [-0.1, -0.05) is 13.8 Å². The Kier molecular flexibility index (Phi) is 5.63. The second-order valence-electron chi connectivity index (χ2n) is 5.92. The van der Waals surface area contributed by atoms with Crippen LogP contribution in [0.15, 0.2) is 0 Å². The molecule has 2 unspecified atom stereocenters. The Morgan fingerprint density at radius 3 is 2.58 bits per heavy atom. The molecule has 3 fully saturated rings. The van der Waals surface area contributed by atoms with E-state index in [4.69, 9.17) is 0 Å². The normalized spacial score (nSPS) is 35.8. The van der Waals surface area contributed by atoms with E-state index in [1.165, 1.54) is 51.9 Å². The zero-order valence-electron chi connectivity index (χ0n) is 12.7. The van der Waals surface area contributed by atoms with E-state index in [1.54, 1.807) is 0 Å². The van der Waals surface area contributed by atoms with E-state index in [9.17, 15) is 5.11 Å². The van der Waals surface area contributed by atoms with Crippen LogP contribution in [0.2, 0.25) is 0 Å². The Balaban J connectivity index is 0.000000637. The molecule has 4 heteroatoms. The summed E-state index contributed by atoms with van der Waals surface area (Å²) in [4.78, 5) is 5.21. The van der Waals surface area contributed by atoms with E-state index in [0.717, 1.165) is 13.1 Å². The van der Waals surface area contributed by atoms with E-state index in [0.29, 0.717) is 12.6 Å². The third-order valence-corrected chi connectivity index (χ3v) is 5.01. The minimum Gasteiger partial charge on any atom is -0.394 e. The zero-order valence-corrected chi connectivity index (χ0v) is 12.7. The SMILES string of the molecule is CC.OCC12CCCN1C(CN1CCNCC1)CC2. The fourth-order valence-electron chi connectivity index (χ4n) is 4.02. The van der Waals surface area contributed by atoms with E-state index >= 15 is 0 Å². The molecule has 19 heavy (non-hydrogen) atoms. The van der Waals surface area contributed by atoms with Crippen molar-refractivity contribution < 1.29 is 5.11 Å². The maximum Gasteiger partial charge on any atom is 0.0615 e. The van der Waals surface area contributed by atoms with Crippen molar-refractivity contribution >= 4 is 0 Å². The number of fused-ring (bicyclic) bond motifs is 1. The number of aliphatic hydroxyl groups is 1. The molecule has 3 rings (SSSR count). The lowest BCUT2D eigenvalue weighted by Gasteiger charge is -2.36. The minimum atomic E-state index is 0.165. The van der Waals surface area contributed by atoms with Crippen molar-refractivity contribution in [2.24, 2.45) is 0 Å². The molecular weight excluding hydrogens is 238 g/mol. The van der Waals surface area contributed by atoms with Crippen molar-refractivity contribution in [3.63, 3.8) is 0 Å². The quantitative estimate of drug-likeness (QED) is 0.799. The largest absolute Gasteiger partial charge is 0.394 e. The lowest BCUT2D eigenvalue weighted by Crippen LogP contribution is -2.51. The summed E-state index contributed by atoms with van der Waals surface area (Å²) < 4.78 is 0. The average molecular weight is 269 g/mol. The monoisotopic (exact) mass is 269 g/mol. The van der Waals surface area contributed by atoms with Crippen LogP contribution in [0.3, 0.4) is 0 Å². The predicted octanol–water partition coefficient (Wildman–Crippen LogP) is 0.907. The summed E-state index contributed by atoms with van der Waals surface area (Å²) in [5, 5.41) is 13.1. The molecule has 3 saturated heterocycles. The third kappa shape index (κ3) is 3.13. The fraction of sp³-hybridized carbons (Fsp3) is 1.00. The van der Waals surface area contributed by atoms with Crippen LogP contribution in [-0.2, 0) is 0 Å². The molecule has 0 saturated carbocycles. The lowest BCUT2D eigenvalue weighted by atomic mass is 9.95. The molecule has 0 aromatic heterocycles. The van der Waals surface area contributed by atoms with Crippen LogP contribution < -0.4 is 5.32 Å². The van der Waals surface area contributed by atoms with E-state index < -0.39 is 0 Å². The maximum atomic E-state index is 9.69. The number of hydrogen-bond acceptors (Lipinski definition) is 4. The molecule has 3 aliphatic heterocycles. The van der Waals surface area contributed by atoms with Crippen LogP contribution in [0, 0.1) is 0 Å². The summed E-state index contributed by atoms with van der Waals surface area (Å²) >= 11 is 0. The molecule has 0 aromatic carbocycles. The highest BCUT2D eigenvalue weighted by Gasteiger charge is 2.48. The molecule has 2 atom stereocenters. The summed E-state index contributed by atoms with van der Waals surface area (Å²) in [7, 11) is 0. The van der Waals surface area contributed by atoms with Crippen LogP contribution in [0.4, 0.5) is 0 Å². The molecule has 112 valence electrons. The van der Waals surface area contributed by atoms with Gasteiger partial charge in [-0.25, -0.2) is 0 Å². The van der Waals surface area contributed by atoms with Gasteiger partial charge in [0.1, 0.15) is 0 Å². The topological polar surface area (TPSA) is 38.7 Å². The molecule has 0 spiro atoms. The van der Waals surface area contributed by atoms with Gasteiger partial charge in [-0.05, 0) is 32.2 Å². The highest BCUT2D eigenvalue weighted by atomic mass is 16.3. The van der Waals surface area contributed by atoms with Crippen molar-refractivity contribution in [1.82, 2.24) is 15.1 Å².